The molecule has 7 nitrogen and oxygen atoms in total. The zero-order chi connectivity index (χ0) is 19.1. The lowest BCUT2D eigenvalue weighted by molar-refractivity contribution is 0.373. The maximum atomic E-state index is 12.9. The van der Waals surface area contributed by atoms with Crippen LogP contribution in [0.5, 0.6) is 11.5 Å². The normalized spacial score (nSPS) is 11.7. The fourth-order valence-corrected chi connectivity index (χ4v) is 3.28. The smallest absolute Gasteiger partial charge is 0.298 e. The number of H-pyrrole nitrogens is 1. The van der Waals surface area contributed by atoms with Crippen molar-refractivity contribution in [3.63, 3.8) is 0 Å². The number of benzene rings is 2. The van der Waals surface area contributed by atoms with E-state index >= 15 is 0 Å². The van der Waals surface area contributed by atoms with E-state index in [2.05, 4.69) is 31.0 Å². The predicted octanol–water partition coefficient (Wildman–Crippen LogP) is 3.55. The number of nitrogens with one attached hydrogen (secondary N) is 1. The molecule has 0 saturated heterocycles. The minimum absolute atomic E-state index is 0.0373. The maximum absolute atomic E-state index is 12.9. The Kier molecular flexibility index (Phi) is 4.19. The fraction of sp³-hybridized carbons (Fsp3) is 0.105. The third-order valence-electron chi connectivity index (χ3n) is 4.25. The summed E-state index contributed by atoms with van der Waals surface area (Å²) in [6.07, 6.45) is 1.52. The molecular weight excluding hydrogens is 412 g/mol. The molecule has 0 unspecified atom stereocenters. The van der Waals surface area contributed by atoms with Crippen LogP contribution in [0.1, 0.15) is 11.4 Å². The van der Waals surface area contributed by atoms with E-state index in [9.17, 15) is 9.90 Å². The molecule has 2 aromatic heterocycles. The molecule has 0 bridgehead atoms. The Bertz CT molecular complexity index is 1270. The molecule has 27 heavy (non-hydrogen) atoms. The minimum atomic E-state index is -0.285. The number of hydrogen-bond donors (Lipinski definition) is 2. The lowest BCUT2D eigenvalue weighted by Crippen LogP contribution is -2.20. The number of aromatic hydroxyl groups is 1. The SMILES string of the molecule is COc1cc(/C=N\n2c(C)nc3c([nH]c4ccc(Br)cc43)c2=O)ccc1O. The zero-order valence-corrected chi connectivity index (χ0v) is 16.1. The van der Waals surface area contributed by atoms with Gasteiger partial charge in [-0.3, -0.25) is 4.79 Å². The first-order chi connectivity index (χ1) is 13.0. The maximum Gasteiger partial charge on any atom is 0.298 e. The molecule has 2 N–H and O–H groups in total. The molecule has 4 rings (SSSR count). The van der Waals surface area contributed by atoms with Gasteiger partial charge >= 0.3 is 0 Å². The molecule has 0 aliphatic heterocycles. The first kappa shape index (κ1) is 17.3. The van der Waals surface area contributed by atoms with Crippen molar-refractivity contribution in [3.05, 3.63) is 62.6 Å². The lowest BCUT2D eigenvalue weighted by Gasteiger charge is -2.05. The van der Waals surface area contributed by atoms with Crippen LogP contribution in [0.4, 0.5) is 0 Å². The molecule has 0 fully saturated rings. The monoisotopic (exact) mass is 426 g/mol. The molecule has 136 valence electrons. The molecule has 2 heterocycles. The van der Waals surface area contributed by atoms with E-state index in [-0.39, 0.29) is 11.3 Å². The highest BCUT2D eigenvalue weighted by atomic mass is 79.9. The van der Waals surface area contributed by atoms with Crippen LogP contribution in [0, 0.1) is 6.92 Å². The van der Waals surface area contributed by atoms with Gasteiger partial charge in [0, 0.05) is 15.4 Å². The van der Waals surface area contributed by atoms with E-state index in [0.29, 0.717) is 28.2 Å². The first-order valence-corrected chi connectivity index (χ1v) is 8.89. The molecule has 0 aliphatic rings. The Morgan fingerprint density at radius 1 is 1.30 bits per heavy atom. The molecule has 8 heteroatoms. The highest BCUT2D eigenvalue weighted by molar-refractivity contribution is 9.10. The van der Waals surface area contributed by atoms with Gasteiger partial charge < -0.3 is 14.8 Å². The summed E-state index contributed by atoms with van der Waals surface area (Å²) >= 11 is 3.45. The van der Waals surface area contributed by atoms with Crippen molar-refractivity contribution in [2.75, 3.05) is 7.11 Å². The number of aryl methyl sites for hydroxylation is 1. The number of rotatable bonds is 3. The summed E-state index contributed by atoms with van der Waals surface area (Å²) in [6.45, 7) is 1.73. The Labute approximate surface area is 162 Å². The second-order valence-electron chi connectivity index (χ2n) is 5.99. The van der Waals surface area contributed by atoms with E-state index in [1.54, 1.807) is 19.1 Å². The third-order valence-corrected chi connectivity index (χ3v) is 4.74. The van der Waals surface area contributed by atoms with Crippen molar-refractivity contribution in [1.29, 1.82) is 0 Å². The first-order valence-electron chi connectivity index (χ1n) is 8.10. The third kappa shape index (κ3) is 2.97. The minimum Gasteiger partial charge on any atom is -0.504 e. The van der Waals surface area contributed by atoms with Gasteiger partial charge in [0.05, 0.1) is 13.3 Å². The Morgan fingerprint density at radius 3 is 2.89 bits per heavy atom. The quantitative estimate of drug-likeness (QED) is 0.490. The number of methoxy groups -OCH3 is 1. The van der Waals surface area contributed by atoms with Gasteiger partial charge in [-0.25, -0.2) is 4.98 Å². The van der Waals surface area contributed by atoms with Crippen molar-refractivity contribution in [3.8, 4) is 11.5 Å². The Morgan fingerprint density at radius 2 is 2.11 bits per heavy atom. The van der Waals surface area contributed by atoms with Crippen molar-refractivity contribution < 1.29 is 9.84 Å². The largest absolute Gasteiger partial charge is 0.504 e. The number of aromatic amines is 1. The zero-order valence-electron chi connectivity index (χ0n) is 14.5. The molecular formula is C19H15BrN4O3. The Hall–Kier alpha value is -3.13. The van der Waals surface area contributed by atoms with Gasteiger partial charge in [0.25, 0.3) is 5.56 Å². The van der Waals surface area contributed by atoms with Gasteiger partial charge in [-0.1, -0.05) is 15.9 Å². The highest BCUT2D eigenvalue weighted by Crippen LogP contribution is 2.26. The van der Waals surface area contributed by atoms with E-state index < -0.39 is 0 Å². The molecule has 0 atom stereocenters. The number of phenols is 1. The van der Waals surface area contributed by atoms with Gasteiger partial charge in [0.2, 0.25) is 0 Å². The molecule has 2 aromatic carbocycles. The van der Waals surface area contributed by atoms with Crippen LogP contribution in [-0.2, 0) is 0 Å². The second kappa shape index (κ2) is 6.55. The van der Waals surface area contributed by atoms with Crippen LogP contribution in [0.2, 0.25) is 0 Å². The van der Waals surface area contributed by atoms with E-state index in [0.717, 1.165) is 15.4 Å². The van der Waals surface area contributed by atoms with Gasteiger partial charge in [0.15, 0.2) is 11.5 Å². The molecule has 4 aromatic rings. The van der Waals surface area contributed by atoms with Crippen LogP contribution in [0.25, 0.3) is 21.9 Å². The summed E-state index contributed by atoms with van der Waals surface area (Å²) in [4.78, 5) is 20.6. The summed E-state index contributed by atoms with van der Waals surface area (Å²) in [7, 11) is 1.47. The number of ether oxygens (including phenoxy) is 1. The number of aromatic nitrogens is 3. The number of hydrogen-bond acceptors (Lipinski definition) is 5. The lowest BCUT2D eigenvalue weighted by atomic mass is 10.2. The average molecular weight is 427 g/mol. The summed E-state index contributed by atoms with van der Waals surface area (Å²) < 4.78 is 7.24. The van der Waals surface area contributed by atoms with Gasteiger partial charge in [-0.2, -0.15) is 9.78 Å². The van der Waals surface area contributed by atoms with Crippen LogP contribution < -0.4 is 10.3 Å². The summed E-state index contributed by atoms with van der Waals surface area (Å²) in [5, 5.41) is 14.8. The van der Waals surface area contributed by atoms with Crippen molar-refractivity contribution in [2.24, 2.45) is 5.10 Å². The molecule has 0 spiro atoms. The summed E-state index contributed by atoms with van der Waals surface area (Å²) in [5.41, 5.74) is 2.24. The number of nitrogens with zero attached hydrogens (tertiary/aromatic N) is 3. The van der Waals surface area contributed by atoms with Crippen LogP contribution in [0.3, 0.4) is 0 Å². The van der Waals surface area contributed by atoms with Crippen LogP contribution in [-0.4, -0.2) is 33.1 Å². The topological polar surface area (TPSA) is 92.5 Å². The number of halogens is 1. The predicted molar refractivity (Wildman–Crippen MR) is 108 cm³/mol. The highest BCUT2D eigenvalue weighted by Gasteiger charge is 2.13. The van der Waals surface area contributed by atoms with Crippen LogP contribution >= 0.6 is 15.9 Å². The summed E-state index contributed by atoms with van der Waals surface area (Å²) in [5.74, 6) is 0.837. The standard InChI is InChI=1S/C19H15BrN4O3/c1-10-22-17-13-8-12(20)4-5-14(13)23-18(17)19(26)24(10)21-9-11-3-6-15(25)16(7-11)27-2/h3-9,23,25H,1-2H3/b21-9-. The van der Waals surface area contributed by atoms with Gasteiger partial charge in [-0.15, -0.1) is 0 Å². The molecule has 0 aliphatic carbocycles. The van der Waals surface area contributed by atoms with Crippen molar-refractivity contribution >= 4 is 44.1 Å². The van der Waals surface area contributed by atoms with E-state index in [1.165, 1.54) is 24.1 Å². The van der Waals surface area contributed by atoms with Crippen molar-refractivity contribution in [2.45, 2.75) is 6.92 Å². The fourth-order valence-electron chi connectivity index (χ4n) is 2.92. The van der Waals surface area contributed by atoms with Gasteiger partial charge in [0.1, 0.15) is 16.9 Å². The van der Waals surface area contributed by atoms with Gasteiger partial charge in [-0.05, 0) is 48.9 Å². The van der Waals surface area contributed by atoms with E-state index in [4.69, 9.17) is 4.74 Å². The second-order valence-corrected chi connectivity index (χ2v) is 6.91. The summed E-state index contributed by atoms with van der Waals surface area (Å²) in [6, 6.07) is 10.5. The molecule has 0 saturated carbocycles. The average Bonchev–Trinajstić information content (AvgIpc) is 3.01. The molecule has 0 amide bonds. The number of fused-ring (bicyclic) bond motifs is 3. The van der Waals surface area contributed by atoms with Crippen molar-refractivity contribution in [1.82, 2.24) is 14.6 Å². The van der Waals surface area contributed by atoms with E-state index in [1.807, 2.05) is 18.2 Å². The Balaban J connectivity index is 1.85. The van der Waals surface area contributed by atoms with Crippen LogP contribution in [0.15, 0.2) is 50.8 Å². The number of phenolic OH excluding ortho intramolecular Hbond substituents is 1. The molecule has 0 radical (unpaired) electrons.